The van der Waals surface area contributed by atoms with Gasteiger partial charge in [0.05, 0.1) is 12.8 Å². The molecule has 0 saturated carbocycles. The van der Waals surface area contributed by atoms with E-state index in [-0.39, 0.29) is 0 Å². The van der Waals surface area contributed by atoms with Crippen molar-refractivity contribution in [1.82, 2.24) is 15.2 Å². The summed E-state index contributed by atoms with van der Waals surface area (Å²) >= 11 is 0. The van der Waals surface area contributed by atoms with E-state index in [0.29, 0.717) is 24.5 Å². The average Bonchev–Trinajstić information content (AvgIpc) is 2.30. The Kier molecular flexibility index (Phi) is 3.28. The molecule has 0 saturated heterocycles. The van der Waals surface area contributed by atoms with Crippen LogP contribution in [0.15, 0.2) is 36.7 Å². The highest BCUT2D eigenvalue weighted by molar-refractivity contribution is 5.43. The van der Waals surface area contributed by atoms with Gasteiger partial charge >= 0.3 is 0 Å². The molecule has 2 aromatic rings. The highest BCUT2D eigenvalue weighted by Crippen LogP contribution is 2.14. The molecule has 5 nitrogen and oxygen atoms in total. The van der Waals surface area contributed by atoms with Crippen LogP contribution in [0.1, 0.15) is 5.82 Å². The van der Waals surface area contributed by atoms with Gasteiger partial charge in [0.2, 0.25) is 0 Å². The van der Waals surface area contributed by atoms with Gasteiger partial charge in [0.25, 0.3) is 0 Å². The number of benzene rings is 1. The Morgan fingerprint density at radius 3 is 2.94 bits per heavy atom. The number of nitrogen functional groups attached to an aromatic ring is 1. The molecule has 2 N–H and O–H groups in total. The van der Waals surface area contributed by atoms with Crippen molar-refractivity contribution in [2.24, 2.45) is 0 Å². The van der Waals surface area contributed by atoms with E-state index in [0.717, 1.165) is 5.75 Å². The number of nitrogens with zero attached hydrogens (tertiary/aromatic N) is 3. The summed E-state index contributed by atoms with van der Waals surface area (Å²) in [5.74, 6) is 1.43. The van der Waals surface area contributed by atoms with Gasteiger partial charge in [-0.2, -0.15) is 5.10 Å². The molecule has 1 aromatic heterocycles. The summed E-state index contributed by atoms with van der Waals surface area (Å²) < 4.78 is 5.50. The quantitative estimate of drug-likeness (QED) is 0.774. The van der Waals surface area contributed by atoms with E-state index in [1.54, 1.807) is 18.5 Å². The van der Waals surface area contributed by atoms with Crippen LogP contribution in [0.3, 0.4) is 0 Å². The van der Waals surface area contributed by atoms with E-state index in [9.17, 15) is 0 Å². The smallest absolute Gasteiger partial charge is 0.154 e. The molecule has 0 amide bonds. The SMILES string of the molecule is Nc1cccc(OCCc2nccnn2)c1. The number of ether oxygens (including phenoxy) is 1. The monoisotopic (exact) mass is 216 g/mol. The number of aromatic nitrogens is 3. The fourth-order valence-corrected chi connectivity index (χ4v) is 1.25. The molecule has 0 fully saturated rings. The van der Waals surface area contributed by atoms with Crippen LogP contribution < -0.4 is 10.5 Å². The molecule has 0 unspecified atom stereocenters. The lowest BCUT2D eigenvalue weighted by molar-refractivity contribution is 0.318. The van der Waals surface area contributed by atoms with Crippen molar-refractivity contribution in [2.45, 2.75) is 6.42 Å². The molecule has 0 spiro atoms. The second-order valence-electron chi connectivity index (χ2n) is 3.23. The summed E-state index contributed by atoms with van der Waals surface area (Å²) in [7, 11) is 0. The molecule has 0 aliphatic carbocycles. The van der Waals surface area contributed by atoms with Crippen molar-refractivity contribution in [3.63, 3.8) is 0 Å². The van der Waals surface area contributed by atoms with Crippen molar-refractivity contribution >= 4 is 5.69 Å². The first kappa shape index (κ1) is 10.4. The van der Waals surface area contributed by atoms with Gasteiger partial charge in [0.15, 0.2) is 5.82 Å². The van der Waals surface area contributed by atoms with Gasteiger partial charge in [0.1, 0.15) is 5.75 Å². The molecule has 1 aromatic carbocycles. The van der Waals surface area contributed by atoms with E-state index in [4.69, 9.17) is 10.5 Å². The van der Waals surface area contributed by atoms with Gasteiger partial charge in [-0.3, -0.25) is 0 Å². The Hall–Kier alpha value is -2.17. The molecule has 0 atom stereocenters. The Morgan fingerprint density at radius 1 is 1.25 bits per heavy atom. The molecule has 16 heavy (non-hydrogen) atoms. The highest BCUT2D eigenvalue weighted by Gasteiger charge is 1.97. The van der Waals surface area contributed by atoms with Crippen LogP contribution in [-0.4, -0.2) is 21.8 Å². The first-order chi connectivity index (χ1) is 7.84. The van der Waals surface area contributed by atoms with Crippen LogP contribution in [0.5, 0.6) is 5.75 Å². The van der Waals surface area contributed by atoms with Crippen molar-refractivity contribution in [3.8, 4) is 5.75 Å². The zero-order chi connectivity index (χ0) is 11.2. The lowest BCUT2D eigenvalue weighted by Gasteiger charge is -2.05. The minimum Gasteiger partial charge on any atom is -0.493 e. The van der Waals surface area contributed by atoms with E-state index in [1.165, 1.54) is 0 Å². The number of hydrogen-bond acceptors (Lipinski definition) is 5. The van der Waals surface area contributed by atoms with Gasteiger partial charge < -0.3 is 10.5 Å². The molecule has 0 aliphatic heterocycles. The van der Waals surface area contributed by atoms with E-state index < -0.39 is 0 Å². The maximum Gasteiger partial charge on any atom is 0.154 e. The molecular weight excluding hydrogens is 204 g/mol. The third-order valence-electron chi connectivity index (χ3n) is 1.98. The summed E-state index contributed by atoms with van der Waals surface area (Å²) in [5, 5.41) is 7.60. The van der Waals surface area contributed by atoms with Crippen molar-refractivity contribution in [2.75, 3.05) is 12.3 Å². The van der Waals surface area contributed by atoms with Crippen LogP contribution in [0, 0.1) is 0 Å². The van der Waals surface area contributed by atoms with Gasteiger partial charge in [-0.05, 0) is 12.1 Å². The van der Waals surface area contributed by atoms with Crippen molar-refractivity contribution < 1.29 is 4.74 Å². The van der Waals surface area contributed by atoms with Crippen LogP contribution in [0.4, 0.5) is 5.69 Å². The minimum absolute atomic E-state index is 0.509. The van der Waals surface area contributed by atoms with E-state index in [2.05, 4.69) is 15.2 Å². The van der Waals surface area contributed by atoms with Crippen LogP contribution >= 0.6 is 0 Å². The predicted molar refractivity (Wildman–Crippen MR) is 59.9 cm³/mol. The number of anilines is 1. The fraction of sp³-hybridized carbons (Fsp3) is 0.182. The van der Waals surface area contributed by atoms with Crippen LogP contribution in [0.2, 0.25) is 0 Å². The van der Waals surface area contributed by atoms with Gasteiger partial charge in [-0.25, -0.2) is 4.98 Å². The largest absolute Gasteiger partial charge is 0.493 e. The normalized spacial score (nSPS) is 10.0. The van der Waals surface area contributed by atoms with Gasteiger partial charge in [-0.1, -0.05) is 6.07 Å². The second kappa shape index (κ2) is 5.06. The average molecular weight is 216 g/mol. The molecule has 0 radical (unpaired) electrons. The standard InChI is InChI=1S/C11H12N4O/c12-9-2-1-3-10(8-9)16-7-4-11-13-5-6-14-15-11/h1-3,5-6,8H,4,7,12H2. The number of nitrogens with two attached hydrogens (primary N) is 1. The lowest BCUT2D eigenvalue weighted by Crippen LogP contribution is -2.05. The third kappa shape index (κ3) is 2.91. The van der Waals surface area contributed by atoms with E-state index in [1.807, 2.05) is 18.2 Å². The molecular formula is C11H12N4O. The Morgan fingerprint density at radius 2 is 2.19 bits per heavy atom. The first-order valence-corrected chi connectivity index (χ1v) is 4.95. The number of rotatable bonds is 4. The maximum atomic E-state index is 5.63. The molecule has 0 aliphatic rings. The predicted octanol–water partition coefficient (Wildman–Crippen LogP) is 1.08. The molecule has 1 heterocycles. The topological polar surface area (TPSA) is 73.9 Å². The molecule has 2 rings (SSSR count). The fourth-order valence-electron chi connectivity index (χ4n) is 1.25. The zero-order valence-corrected chi connectivity index (χ0v) is 8.71. The zero-order valence-electron chi connectivity index (χ0n) is 8.71. The molecule has 82 valence electrons. The molecule has 5 heteroatoms. The van der Waals surface area contributed by atoms with Gasteiger partial charge in [-0.15, -0.1) is 5.10 Å². The van der Waals surface area contributed by atoms with Crippen molar-refractivity contribution in [1.29, 1.82) is 0 Å². The Bertz CT molecular complexity index is 447. The summed E-state index contributed by atoms with van der Waals surface area (Å²) in [6.07, 6.45) is 3.79. The lowest BCUT2D eigenvalue weighted by atomic mass is 10.3. The molecule has 0 bridgehead atoms. The summed E-state index contributed by atoms with van der Waals surface area (Å²) in [4.78, 5) is 4.05. The minimum atomic E-state index is 0.509. The van der Waals surface area contributed by atoms with E-state index >= 15 is 0 Å². The highest BCUT2D eigenvalue weighted by atomic mass is 16.5. The summed E-state index contributed by atoms with van der Waals surface area (Å²) in [6, 6.07) is 7.31. The first-order valence-electron chi connectivity index (χ1n) is 4.95. The second-order valence-corrected chi connectivity index (χ2v) is 3.23. The third-order valence-corrected chi connectivity index (χ3v) is 1.98. The Labute approximate surface area is 93.3 Å². The van der Waals surface area contributed by atoms with Crippen LogP contribution in [-0.2, 0) is 6.42 Å². The van der Waals surface area contributed by atoms with Crippen molar-refractivity contribution in [3.05, 3.63) is 42.5 Å². The Balaban J connectivity index is 1.85. The summed E-state index contributed by atoms with van der Waals surface area (Å²) in [6.45, 7) is 0.509. The van der Waals surface area contributed by atoms with Crippen LogP contribution in [0.25, 0.3) is 0 Å². The maximum absolute atomic E-state index is 5.63. The number of hydrogen-bond donors (Lipinski definition) is 1. The summed E-state index contributed by atoms with van der Waals surface area (Å²) in [5.41, 5.74) is 6.32. The van der Waals surface area contributed by atoms with Gasteiger partial charge in [0, 0.05) is 24.4 Å².